The molecule has 3 heterocycles. The van der Waals surface area contributed by atoms with E-state index in [1.165, 1.54) is 11.1 Å². The van der Waals surface area contributed by atoms with Crippen LogP contribution in [0.15, 0.2) is 54.6 Å². The molecule has 36 heavy (non-hydrogen) atoms. The first kappa shape index (κ1) is 24.5. The number of ether oxygens (including phenoxy) is 3. The van der Waals surface area contributed by atoms with Crippen molar-refractivity contribution in [2.45, 2.75) is 19.9 Å². The highest BCUT2D eigenvalue weighted by molar-refractivity contribution is 7.80. The van der Waals surface area contributed by atoms with Gasteiger partial charge in [-0.25, -0.2) is 4.79 Å². The van der Waals surface area contributed by atoms with Gasteiger partial charge in [0, 0.05) is 44.0 Å². The molecule has 1 N–H and O–H groups in total. The van der Waals surface area contributed by atoms with Crippen molar-refractivity contribution < 1.29 is 19.0 Å². The maximum atomic E-state index is 12.6. The fourth-order valence-corrected chi connectivity index (χ4v) is 5.79. The fraction of sp³-hybridized carbons (Fsp3) is 0.333. The van der Waals surface area contributed by atoms with Crippen LogP contribution in [0, 0.1) is 0 Å². The molecule has 0 bridgehead atoms. The number of carbonyl (C=O) groups excluding carboxylic acids is 1. The second-order valence-corrected chi connectivity index (χ2v) is 10.2. The summed E-state index contributed by atoms with van der Waals surface area (Å²) < 4.78 is 16.2. The number of esters is 1. The highest BCUT2D eigenvalue weighted by atomic mass is 32.1. The van der Waals surface area contributed by atoms with Crippen LogP contribution in [0.2, 0.25) is 0 Å². The van der Waals surface area contributed by atoms with Crippen LogP contribution < -0.4 is 14.8 Å². The average molecular weight is 524 g/mol. The van der Waals surface area contributed by atoms with Gasteiger partial charge >= 0.3 is 5.97 Å². The Morgan fingerprint density at radius 1 is 1.03 bits per heavy atom. The van der Waals surface area contributed by atoms with Crippen molar-refractivity contribution in [1.82, 2.24) is 9.80 Å². The summed E-state index contributed by atoms with van der Waals surface area (Å²) in [4.78, 5) is 18.3. The number of carbonyl (C=O) groups is 1. The van der Waals surface area contributed by atoms with Gasteiger partial charge in [0.05, 0.1) is 12.2 Å². The number of thiocarbonyl (C=S) groups is 1. The normalized spacial score (nSPS) is 15.1. The Morgan fingerprint density at radius 2 is 1.81 bits per heavy atom. The van der Waals surface area contributed by atoms with Crippen LogP contribution in [-0.4, -0.2) is 60.5 Å². The minimum atomic E-state index is -0.327. The minimum Gasteiger partial charge on any atom is -0.462 e. The Balaban J connectivity index is 1.20. The van der Waals surface area contributed by atoms with E-state index in [1.54, 1.807) is 11.3 Å². The molecule has 2 aliphatic heterocycles. The lowest BCUT2D eigenvalue weighted by atomic mass is 10.1. The van der Waals surface area contributed by atoms with E-state index in [2.05, 4.69) is 39.4 Å². The van der Waals surface area contributed by atoms with Gasteiger partial charge in [0.2, 0.25) is 6.79 Å². The van der Waals surface area contributed by atoms with Gasteiger partial charge in [0.15, 0.2) is 16.6 Å². The van der Waals surface area contributed by atoms with Crippen LogP contribution in [0.4, 0.5) is 5.00 Å². The van der Waals surface area contributed by atoms with Gasteiger partial charge in [-0.1, -0.05) is 36.4 Å². The van der Waals surface area contributed by atoms with E-state index >= 15 is 0 Å². The number of thiophene rings is 1. The van der Waals surface area contributed by atoms with Crippen molar-refractivity contribution in [3.8, 4) is 11.5 Å². The van der Waals surface area contributed by atoms with Crippen molar-refractivity contribution in [2.75, 3.05) is 44.9 Å². The van der Waals surface area contributed by atoms with Crippen molar-refractivity contribution in [2.24, 2.45) is 0 Å². The standard InChI is InChI=1S/C27H29N3O4S2/c1-2-32-26(31)22-16-21(14-19-6-4-3-5-7-19)36-25(22)28-27(35)30-12-10-29(11-13-30)17-20-8-9-23-24(15-20)34-18-33-23/h3-9,15-16H,2,10-14,17-18H2,1H3,(H,28,35). The molecule has 1 saturated heterocycles. The highest BCUT2D eigenvalue weighted by Gasteiger charge is 2.23. The lowest BCUT2D eigenvalue weighted by molar-refractivity contribution is 0.0528. The number of benzene rings is 2. The number of piperazine rings is 1. The summed E-state index contributed by atoms with van der Waals surface area (Å²) in [6, 6.07) is 18.3. The fourth-order valence-electron chi connectivity index (χ4n) is 4.36. The molecule has 2 aliphatic rings. The lowest BCUT2D eigenvalue weighted by Crippen LogP contribution is -2.49. The van der Waals surface area contributed by atoms with Crippen LogP contribution in [-0.2, 0) is 17.7 Å². The predicted molar refractivity (Wildman–Crippen MR) is 145 cm³/mol. The largest absolute Gasteiger partial charge is 0.462 e. The highest BCUT2D eigenvalue weighted by Crippen LogP contribution is 2.33. The maximum Gasteiger partial charge on any atom is 0.341 e. The Labute approximate surface area is 220 Å². The number of nitrogens with one attached hydrogen (secondary N) is 1. The third-order valence-electron chi connectivity index (χ3n) is 6.22. The van der Waals surface area contributed by atoms with E-state index < -0.39 is 0 Å². The summed E-state index contributed by atoms with van der Waals surface area (Å²) in [5, 5.41) is 4.72. The second-order valence-electron chi connectivity index (χ2n) is 8.72. The second kappa shape index (κ2) is 11.3. The van der Waals surface area contributed by atoms with Crippen LogP contribution >= 0.6 is 23.6 Å². The molecule has 0 amide bonds. The Kier molecular flexibility index (Phi) is 7.69. The van der Waals surface area contributed by atoms with Gasteiger partial charge in [-0.3, -0.25) is 4.90 Å². The van der Waals surface area contributed by atoms with Crippen LogP contribution in [0.25, 0.3) is 0 Å². The Hall–Kier alpha value is -3.14. The summed E-state index contributed by atoms with van der Waals surface area (Å²) in [7, 11) is 0. The first-order chi connectivity index (χ1) is 17.6. The summed E-state index contributed by atoms with van der Waals surface area (Å²) in [5.74, 6) is 1.30. The average Bonchev–Trinajstić information content (AvgIpc) is 3.52. The summed E-state index contributed by atoms with van der Waals surface area (Å²) in [5.41, 5.74) is 2.94. The number of hydrogen-bond acceptors (Lipinski definition) is 7. The topological polar surface area (TPSA) is 63.3 Å². The maximum absolute atomic E-state index is 12.6. The molecule has 0 unspecified atom stereocenters. The molecule has 2 aromatic carbocycles. The quantitative estimate of drug-likeness (QED) is 0.351. The van der Waals surface area contributed by atoms with Crippen molar-refractivity contribution >= 4 is 39.6 Å². The van der Waals surface area contributed by atoms with E-state index in [9.17, 15) is 4.79 Å². The van der Waals surface area contributed by atoms with E-state index in [4.69, 9.17) is 26.4 Å². The summed E-state index contributed by atoms with van der Waals surface area (Å²) in [6.07, 6.45) is 0.755. The number of nitrogens with zero attached hydrogens (tertiary/aromatic N) is 2. The Morgan fingerprint density at radius 3 is 2.58 bits per heavy atom. The molecular formula is C27H29N3O4S2. The van der Waals surface area contributed by atoms with E-state index in [0.29, 0.717) is 17.3 Å². The van der Waals surface area contributed by atoms with Gasteiger partial charge < -0.3 is 24.4 Å². The molecule has 1 aromatic heterocycles. The molecule has 188 valence electrons. The molecule has 0 spiro atoms. The van der Waals surface area contributed by atoms with Crippen molar-refractivity contribution in [3.05, 3.63) is 76.2 Å². The third-order valence-corrected chi connectivity index (χ3v) is 7.63. The van der Waals surface area contributed by atoms with Gasteiger partial charge in [-0.05, 0) is 48.5 Å². The number of hydrogen-bond donors (Lipinski definition) is 1. The number of fused-ring (bicyclic) bond motifs is 1. The van der Waals surface area contributed by atoms with E-state index in [1.807, 2.05) is 37.3 Å². The molecule has 3 aromatic rings. The molecule has 1 fully saturated rings. The monoisotopic (exact) mass is 523 g/mol. The molecule has 7 nitrogen and oxygen atoms in total. The zero-order valence-electron chi connectivity index (χ0n) is 20.2. The first-order valence-corrected chi connectivity index (χ1v) is 13.3. The summed E-state index contributed by atoms with van der Waals surface area (Å²) >= 11 is 7.30. The number of rotatable bonds is 7. The SMILES string of the molecule is CCOC(=O)c1cc(Cc2ccccc2)sc1NC(=S)N1CCN(Cc2ccc3c(c2)OCO3)CC1. The summed E-state index contributed by atoms with van der Waals surface area (Å²) in [6.45, 7) is 6.70. The lowest BCUT2D eigenvalue weighted by Gasteiger charge is -2.36. The van der Waals surface area contributed by atoms with Gasteiger partial charge in [0.25, 0.3) is 0 Å². The van der Waals surface area contributed by atoms with Crippen molar-refractivity contribution in [3.63, 3.8) is 0 Å². The molecule has 0 atom stereocenters. The van der Waals surface area contributed by atoms with Crippen LogP contribution in [0.1, 0.15) is 33.3 Å². The van der Waals surface area contributed by atoms with Gasteiger partial charge in [0.1, 0.15) is 5.00 Å². The molecule has 5 rings (SSSR count). The van der Waals surface area contributed by atoms with Crippen LogP contribution in [0.3, 0.4) is 0 Å². The zero-order valence-corrected chi connectivity index (χ0v) is 21.8. The van der Waals surface area contributed by atoms with E-state index in [-0.39, 0.29) is 12.8 Å². The molecular weight excluding hydrogens is 494 g/mol. The van der Waals surface area contributed by atoms with Crippen LogP contribution in [0.5, 0.6) is 11.5 Å². The van der Waals surface area contributed by atoms with Gasteiger partial charge in [-0.15, -0.1) is 11.3 Å². The molecule has 0 radical (unpaired) electrons. The smallest absolute Gasteiger partial charge is 0.341 e. The zero-order chi connectivity index (χ0) is 24.9. The van der Waals surface area contributed by atoms with Gasteiger partial charge in [-0.2, -0.15) is 0 Å². The molecule has 0 saturated carbocycles. The first-order valence-electron chi connectivity index (χ1n) is 12.1. The number of anilines is 1. The third kappa shape index (κ3) is 5.80. The predicted octanol–water partition coefficient (Wildman–Crippen LogP) is 4.76. The molecule has 0 aliphatic carbocycles. The molecule has 9 heteroatoms. The Bertz CT molecular complexity index is 1220. The minimum absolute atomic E-state index is 0.289. The van der Waals surface area contributed by atoms with E-state index in [0.717, 1.165) is 60.5 Å². The van der Waals surface area contributed by atoms with Crippen molar-refractivity contribution in [1.29, 1.82) is 0 Å².